The average Bonchev–Trinajstić information content (AvgIpc) is 3.03. The van der Waals surface area contributed by atoms with Crippen LogP contribution in [0.25, 0.3) is 54.6 Å². The molecule has 0 nitrogen and oxygen atoms in total. The predicted octanol–water partition coefficient (Wildman–Crippen LogP) is 11.2. The number of rotatable bonds is 2. The summed E-state index contributed by atoms with van der Waals surface area (Å²) >= 11 is 0. The third kappa shape index (κ3) is 4.74. The zero-order valence-corrected chi connectivity index (χ0v) is 24.3. The Morgan fingerprint density at radius 2 is 1.07 bits per heavy atom. The van der Waals surface area contributed by atoms with Crippen LogP contribution in [0.1, 0.15) is 37.5 Å². The van der Waals surface area contributed by atoms with E-state index in [1.807, 2.05) is 0 Å². The lowest BCUT2D eigenvalue weighted by atomic mass is 9.82. The average molecular weight is 537 g/mol. The molecule has 0 N–H and O–H groups in total. The van der Waals surface area contributed by atoms with Crippen LogP contribution in [0.3, 0.4) is 0 Å². The third-order valence-corrected chi connectivity index (χ3v) is 8.25. The number of hydrogen-bond acceptors (Lipinski definition) is 0. The minimum atomic E-state index is 0.0377. The molecule has 0 heteroatoms. The van der Waals surface area contributed by atoms with Crippen molar-refractivity contribution in [1.29, 1.82) is 0 Å². The topological polar surface area (TPSA) is 0 Å². The molecule has 7 aromatic rings. The van der Waals surface area contributed by atoms with E-state index in [-0.39, 0.29) is 5.41 Å². The fourth-order valence-electron chi connectivity index (χ4n) is 5.94. The van der Waals surface area contributed by atoms with Gasteiger partial charge >= 0.3 is 0 Å². The van der Waals surface area contributed by atoms with Gasteiger partial charge in [0.1, 0.15) is 0 Å². The van der Waals surface area contributed by atoms with Crippen LogP contribution in [0.2, 0.25) is 0 Å². The maximum atomic E-state index is 3.64. The van der Waals surface area contributed by atoms with Crippen molar-refractivity contribution < 1.29 is 0 Å². The fourth-order valence-corrected chi connectivity index (χ4v) is 5.94. The number of benzene rings is 7. The van der Waals surface area contributed by atoms with Gasteiger partial charge in [0.25, 0.3) is 0 Å². The number of fused-ring (bicyclic) bond motifs is 3. The molecule has 0 amide bonds. The molecule has 7 aromatic carbocycles. The van der Waals surface area contributed by atoms with Crippen LogP contribution in [0.4, 0.5) is 0 Å². The van der Waals surface area contributed by atoms with Gasteiger partial charge in [-0.1, -0.05) is 148 Å². The molecule has 0 radical (unpaired) electrons. The summed E-state index contributed by atoms with van der Waals surface area (Å²) in [5.41, 5.74) is 8.36. The first kappa shape index (κ1) is 25.8. The van der Waals surface area contributed by atoms with Gasteiger partial charge in [-0.15, -0.1) is 0 Å². The second-order valence-electron chi connectivity index (χ2n) is 12.1. The van der Waals surface area contributed by atoms with E-state index in [0.29, 0.717) is 0 Å². The Morgan fingerprint density at radius 1 is 0.429 bits per heavy atom. The Balaban J connectivity index is 1.38. The minimum Gasteiger partial charge on any atom is -0.0622 e. The Kier molecular flexibility index (Phi) is 6.38. The molecule has 42 heavy (non-hydrogen) atoms. The Morgan fingerprint density at radius 3 is 1.83 bits per heavy atom. The first-order valence-corrected chi connectivity index (χ1v) is 14.6. The maximum Gasteiger partial charge on any atom is 0.0406 e. The van der Waals surface area contributed by atoms with Crippen LogP contribution in [0.5, 0.6) is 0 Å². The highest BCUT2D eigenvalue weighted by molar-refractivity contribution is 6.16. The largest absolute Gasteiger partial charge is 0.0622 e. The van der Waals surface area contributed by atoms with Crippen molar-refractivity contribution in [2.75, 3.05) is 0 Å². The van der Waals surface area contributed by atoms with Crippen molar-refractivity contribution in [1.82, 2.24) is 0 Å². The van der Waals surface area contributed by atoms with Crippen LogP contribution in [-0.2, 0) is 5.41 Å². The maximum absolute atomic E-state index is 3.64. The molecule has 0 spiro atoms. The minimum absolute atomic E-state index is 0.0377. The van der Waals surface area contributed by atoms with Gasteiger partial charge in [0, 0.05) is 11.1 Å². The van der Waals surface area contributed by atoms with E-state index in [9.17, 15) is 0 Å². The normalized spacial score (nSPS) is 11.5. The molecule has 0 atom stereocenters. The molecular weight excluding hydrogens is 504 g/mol. The molecule has 0 fully saturated rings. The van der Waals surface area contributed by atoms with E-state index < -0.39 is 0 Å². The van der Waals surface area contributed by atoms with E-state index in [1.54, 1.807) is 0 Å². The molecular formula is C42H32. The lowest BCUT2D eigenvalue weighted by Crippen LogP contribution is -2.10. The second kappa shape index (κ2) is 10.4. The van der Waals surface area contributed by atoms with Crippen molar-refractivity contribution in [3.63, 3.8) is 0 Å². The van der Waals surface area contributed by atoms with Gasteiger partial charge in [0.05, 0.1) is 0 Å². The molecule has 0 aliphatic rings. The zero-order valence-electron chi connectivity index (χ0n) is 24.3. The van der Waals surface area contributed by atoms with E-state index in [4.69, 9.17) is 0 Å². The summed E-state index contributed by atoms with van der Waals surface area (Å²) in [4.78, 5) is 0. The highest BCUT2D eigenvalue weighted by Gasteiger charge is 2.19. The van der Waals surface area contributed by atoms with Gasteiger partial charge < -0.3 is 0 Å². The molecule has 0 saturated heterocycles. The second-order valence-corrected chi connectivity index (χ2v) is 12.1. The van der Waals surface area contributed by atoms with Crippen molar-refractivity contribution >= 4 is 32.3 Å². The van der Waals surface area contributed by atoms with E-state index >= 15 is 0 Å². The standard InChI is InChI=1S/C42H32/c1-42(2,3)35-24-26-39-40(28-35)37(36-15-9-10-16-38(36)41(39)32-12-5-4-6-13-32)25-19-29-17-20-31(21-18-29)34-23-22-30-11-7-8-14-33(30)27-34/h4-18,20-24,26-28H,1-3H3. The van der Waals surface area contributed by atoms with Crippen LogP contribution in [-0.4, -0.2) is 0 Å². The molecule has 0 unspecified atom stereocenters. The molecule has 200 valence electrons. The van der Waals surface area contributed by atoms with E-state index in [1.165, 1.54) is 60.1 Å². The molecule has 0 bridgehead atoms. The molecule has 0 aromatic heterocycles. The van der Waals surface area contributed by atoms with Crippen LogP contribution >= 0.6 is 0 Å². The van der Waals surface area contributed by atoms with Crippen LogP contribution < -0.4 is 0 Å². The van der Waals surface area contributed by atoms with Crippen molar-refractivity contribution in [2.24, 2.45) is 0 Å². The summed E-state index contributed by atoms with van der Waals surface area (Å²) in [6, 6.07) is 50.2. The molecule has 0 aliphatic carbocycles. The van der Waals surface area contributed by atoms with E-state index in [0.717, 1.165) is 11.1 Å². The smallest absolute Gasteiger partial charge is 0.0406 e. The molecule has 0 saturated carbocycles. The Bertz CT molecular complexity index is 2150. The SMILES string of the molecule is CC(C)(C)c1ccc2c(-c3ccccc3)c3ccccc3c(C#Cc3ccc(-c4ccc5ccccc5c4)cc3)c2c1. The van der Waals surface area contributed by atoms with Crippen molar-refractivity contribution in [3.05, 3.63) is 156 Å². The summed E-state index contributed by atoms with van der Waals surface area (Å²) in [7, 11) is 0. The summed E-state index contributed by atoms with van der Waals surface area (Å²) in [5.74, 6) is 7.16. The van der Waals surface area contributed by atoms with Crippen molar-refractivity contribution in [2.45, 2.75) is 26.2 Å². The van der Waals surface area contributed by atoms with Gasteiger partial charge in [-0.2, -0.15) is 0 Å². The summed E-state index contributed by atoms with van der Waals surface area (Å²) in [6.45, 7) is 6.82. The van der Waals surface area contributed by atoms with Gasteiger partial charge in [-0.05, 0) is 89.8 Å². The quantitative estimate of drug-likeness (QED) is 0.152. The summed E-state index contributed by atoms with van der Waals surface area (Å²) < 4.78 is 0. The molecule has 0 aliphatic heterocycles. The zero-order chi connectivity index (χ0) is 28.7. The Hall–Kier alpha value is -5.12. The van der Waals surface area contributed by atoms with Crippen LogP contribution in [0, 0.1) is 11.8 Å². The molecule has 0 heterocycles. The van der Waals surface area contributed by atoms with Gasteiger partial charge in [0.15, 0.2) is 0 Å². The summed E-state index contributed by atoms with van der Waals surface area (Å²) in [6.07, 6.45) is 0. The van der Waals surface area contributed by atoms with Gasteiger partial charge in [-0.25, -0.2) is 0 Å². The lowest BCUT2D eigenvalue weighted by molar-refractivity contribution is 0.591. The summed E-state index contributed by atoms with van der Waals surface area (Å²) in [5, 5.41) is 7.39. The highest BCUT2D eigenvalue weighted by atomic mass is 14.2. The number of hydrogen-bond donors (Lipinski definition) is 0. The first-order chi connectivity index (χ1) is 20.5. The van der Waals surface area contributed by atoms with E-state index in [2.05, 4.69) is 172 Å². The first-order valence-electron chi connectivity index (χ1n) is 14.6. The van der Waals surface area contributed by atoms with Gasteiger partial charge in [0.2, 0.25) is 0 Å². The van der Waals surface area contributed by atoms with Crippen LogP contribution in [0.15, 0.2) is 140 Å². The monoisotopic (exact) mass is 536 g/mol. The fraction of sp³-hybridized carbons (Fsp3) is 0.0952. The third-order valence-electron chi connectivity index (χ3n) is 8.25. The Labute approximate surface area is 248 Å². The predicted molar refractivity (Wildman–Crippen MR) is 181 cm³/mol. The van der Waals surface area contributed by atoms with Crippen molar-refractivity contribution in [3.8, 4) is 34.1 Å². The molecule has 7 rings (SSSR count). The lowest BCUT2D eigenvalue weighted by Gasteiger charge is -2.21. The van der Waals surface area contributed by atoms with Gasteiger partial charge in [-0.3, -0.25) is 0 Å². The highest BCUT2D eigenvalue weighted by Crippen LogP contribution is 2.40.